The molecule has 8 heteroatoms. The zero-order valence-electron chi connectivity index (χ0n) is 10.4. The van der Waals surface area contributed by atoms with Crippen LogP contribution in [-0.2, 0) is 0 Å². The molecule has 0 saturated heterocycles. The van der Waals surface area contributed by atoms with Gasteiger partial charge in [-0.1, -0.05) is 15.9 Å². The minimum atomic E-state index is -0.454. The summed E-state index contributed by atoms with van der Waals surface area (Å²) in [5, 5.41) is 16.7. The molecule has 2 aromatic rings. The minimum absolute atomic E-state index is 0.0277. The topological polar surface area (TPSA) is 80.1 Å². The Morgan fingerprint density at radius 1 is 1.20 bits per heavy atom. The number of nitro groups is 1. The van der Waals surface area contributed by atoms with E-state index in [9.17, 15) is 10.1 Å². The van der Waals surface area contributed by atoms with Crippen LogP contribution in [0.1, 0.15) is 0 Å². The third-order valence-corrected chi connectivity index (χ3v) is 3.62. The molecular weight excluding hydrogens is 392 g/mol. The van der Waals surface area contributed by atoms with Crippen molar-refractivity contribution in [1.29, 1.82) is 0 Å². The average molecular weight is 402 g/mol. The van der Waals surface area contributed by atoms with Gasteiger partial charge in [-0.3, -0.25) is 10.1 Å². The lowest BCUT2D eigenvalue weighted by molar-refractivity contribution is -0.384. The van der Waals surface area contributed by atoms with Crippen LogP contribution in [0.5, 0.6) is 0 Å². The van der Waals surface area contributed by atoms with E-state index in [2.05, 4.69) is 47.5 Å². The number of nitrogens with one attached hydrogen (secondary N) is 2. The number of rotatable bonds is 4. The second kappa shape index (κ2) is 6.19. The summed E-state index contributed by atoms with van der Waals surface area (Å²) in [6.07, 6.45) is 0. The molecule has 0 aliphatic rings. The molecule has 2 N–H and O–H groups in total. The van der Waals surface area contributed by atoms with Crippen LogP contribution in [-0.4, -0.2) is 17.0 Å². The van der Waals surface area contributed by atoms with E-state index in [4.69, 9.17) is 0 Å². The molecule has 0 aliphatic carbocycles. The molecule has 1 aromatic heterocycles. The van der Waals surface area contributed by atoms with Crippen molar-refractivity contribution in [2.24, 2.45) is 0 Å². The van der Waals surface area contributed by atoms with Gasteiger partial charge in [0.1, 0.15) is 11.6 Å². The zero-order chi connectivity index (χ0) is 14.7. The molecule has 0 spiro atoms. The van der Waals surface area contributed by atoms with Gasteiger partial charge in [0.05, 0.1) is 22.7 Å². The zero-order valence-corrected chi connectivity index (χ0v) is 13.5. The molecule has 0 bridgehead atoms. The molecule has 0 amide bonds. The molecule has 104 valence electrons. The summed E-state index contributed by atoms with van der Waals surface area (Å²) in [6.45, 7) is 0. The van der Waals surface area contributed by atoms with Crippen LogP contribution in [0.3, 0.4) is 0 Å². The lowest BCUT2D eigenvalue weighted by Gasteiger charge is -2.09. The van der Waals surface area contributed by atoms with Crippen molar-refractivity contribution in [3.63, 3.8) is 0 Å². The molecule has 0 unspecified atom stereocenters. The van der Waals surface area contributed by atoms with Gasteiger partial charge < -0.3 is 10.6 Å². The van der Waals surface area contributed by atoms with Gasteiger partial charge in [0, 0.05) is 16.0 Å². The summed E-state index contributed by atoms with van der Waals surface area (Å²) in [5.74, 6) is 0.821. The Morgan fingerprint density at radius 2 is 1.90 bits per heavy atom. The van der Waals surface area contributed by atoms with Gasteiger partial charge in [0.25, 0.3) is 5.69 Å². The van der Waals surface area contributed by atoms with Crippen molar-refractivity contribution >= 4 is 54.9 Å². The second-order valence-electron chi connectivity index (χ2n) is 3.85. The number of pyridine rings is 1. The van der Waals surface area contributed by atoms with Gasteiger partial charge in [-0.25, -0.2) is 4.98 Å². The van der Waals surface area contributed by atoms with E-state index < -0.39 is 4.92 Å². The van der Waals surface area contributed by atoms with Crippen LogP contribution in [0.25, 0.3) is 0 Å². The summed E-state index contributed by atoms with van der Waals surface area (Å²) in [6, 6.07) is 8.34. The van der Waals surface area contributed by atoms with E-state index in [0.717, 1.165) is 14.6 Å². The van der Waals surface area contributed by atoms with E-state index in [-0.39, 0.29) is 5.69 Å². The van der Waals surface area contributed by atoms with Crippen molar-refractivity contribution in [3.05, 3.63) is 49.4 Å². The fraction of sp³-hybridized carbons (Fsp3) is 0.0833. The molecule has 0 radical (unpaired) electrons. The SMILES string of the molecule is CNc1cc([N+](=O)[O-])cc(Nc2ccc(Br)cc2Br)n1. The first kappa shape index (κ1) is 14.7. The van der Waals surface area contributed by atoms with Crippen molar-refractivity contribution in [3.8, 4) is 0 Å². The third kappa shape index (κ3) is 3.45. The summed E-state index contributed by atoms with van der Waals surface area (Å²) in [4.78, 5) is 14.7. The summed E-state index contributed by atoms with van der Waals surface area (Å²) < 4.78 is 1.75. The van der Waals surface area contributed by atoms with Crippen LogP contribution in [0, 0.1) is 10.1 Å². The first-order valence-electron chi connectivity index (χ1n) is 5.56. The van der Waals surface area contributed by atoms with Crippen LogP contribution < -0.4 is 10.6 Å². The molecule has 0 fully saturated rings. The summed E-state index contributed by atoms with van der Waals surface area (Å²) >= 11 is 6.78. The Labute approximate surface area is 132 Å². The molecule has 1 aromatic carbocycles. The molecule has 20 heavy (non-hydrogen) atoms. The van der Waals surface area contributed by atoms with Gasteiger partial charge in [0.15, 0.2) is 0 Å². The smallest absolute Gasteiger partial charge is 0.276 e. The molecule has 0 saturated carbocycles. The van der Waals surface area contributed by atoms with E-state index in [0.29, 0.717) is 11.6 Å². The Morgan fingerprint density at radius 3 is 2.50 bits per heavy atom. The first-order valence-corrected chi connectivity index (χ1v) is 7.14. The second-order valence-corrected chi connectivity index (χ2v) is 5.62. The number of aromatic nitrogens is 1. The van der Waals surface area contributed by atoms with Gasteiger partial charge in [0.2, 0.25) is 0 Å². The maximum absolute atomic E-state index is 10.9. The quantitative estimate of drug-likeness (QED) is 0.589. The van der Waals surface area contributed by atoms with Crippen LogP contribution in [0.15, 0.2) is 39.3 Å². The maximum atomic E-state index is 10.9. The van der Waals surface area contributed by atoms with Gasteiger partial charge in [-0.2, -0.15) is 0 Å². The molecule has 6 nitrogen and oxygen atoms in total. The number of benzene rings is 1. The maximum Gasteiger partial charge on any atom is 0.276 e. The normalized spacial score (nSPS) is 10.2. The Balaban J connectivity index is 2.37. The van der Waals surface area contributed by atoms with Crippen LogP contribution in [0.4, 0.5) is 23.0 Å². The van der Waals surface area contributed by atoms with Crippen molar-refractivity contribution < 1.29 is 4.92 Å². The molecule has 0 atom stereocenters. The molecule has 2 rings (SSSR count). The minimum Gasteiger partial charge on any atom is -0.373 e. The fourth-order valence-electron chi connectivity index (χ4n) is 1.54. The van der Waals surface area contributed by atoms with Crippen LogP contribution in [0.2, 0.25) is 0 Å². The molecule has 1 heterocycles. The fourth-order valence-corrected chi connectivity index (χ4v) is 2.69. The van der Waals surface area contributed by atoms with E-state index in [1.54, 1.807) is 7.05 Å². The first-order chi connectivity index (χ1) is 9.49. The highest BCUT2D eigenvalue weighted by Crippen LogP contribution is 2.30. The predicted molar refractivity (Wildman–Crippen MR) is 85.6 cm³/mol. The number of anilines is 3. The van der Waals surface area contributed by atoms with E-state index >= 15 is 0 Å². The molecular formula is C12H10Br2N4O2. The lowest BCUT2D eigenvalue weighted by atomic mass is 10.3. The molecule has 0 aliphatic heterocycles. The Hall–Kier alpha value is -1.67. The number of nitrogens with zero attached hydrogens (tertiary/aromatic N) is 2. The number of hydrogen-bond donors (Lipinski definition) is 2. The Kier molecular flexibility index (Phi) is 4.56. The Bertz CT molecular complexity index is 664. The van der Waals surface area contributed by atoms with Gasteiger partial charge in [-0.15, -0.1) is 0 Å². The average Bonchev–Trinajstić information content (AvgIpc) is 2.41. The summed E-state index contributed by atoms with van der Waals surface area (Å²) in [5.41, 5.74) is 0.739. The van der Waals surface area contributed by atoms with Crippen molar-refractivity contribution in [2.75, 3.05) is 17.7 Å². The highest BCUT2D eigenvalue weighted by atomic mass is 79.9. The largest absolute Gasteiger partial charge is 0.373 e. The predicted octanol–water partition coefficient (Wildman–Crippen LogP) is 4.30. The monoisotopic (exact) mass is 400 g/mol. The third-order valence-electron chi connectivity index (χ3n) is 2.47. The highest BCUT2D eigenvalue weighted by molar-refractivity contribution is 9.11. The summed E-state index contributed by atoms with van der Waals surface area (Å²) in [7, 11) is 1.66. The van der Waals surface area contributed by atoms with Gasteiger partial charge in [-0.05, 0) is 34.1 Å². The highest BCUT2D eigenvalue weighted by Gasteiger charge is 2.11. The number of hydrogen-bond acceptors (Lipinski definition) is 5. The van der Waals surface area contributed by atoms with Crippen molar-refractivity contribution in [2.45, 2.75) is 0 Å². The lowest BCUT2D eigenvalue weighted by Crippen LogP contribution is -2.00. The van der Waals surface area contributed by atoms with Gasteiger partial charge >= 0.3 is 0 Å². The number of halogens is 2. The standard InChI is InChI=1S/C12H10Br2N4O2/c1-15-11-5-8(18(19)20)6-12(17-11)16-10-3-2-7(13)4-9(10)14/h2-6H,1H3,(H2,15,16,17). The van der Waals surface area contributed by atoms with Crippen molar-refractivity contribution in [1.82, 2.24) is 4.98 Å². The van der Waals surface area contributed by atoms with E-state index in [1.807, 2.05) is 18.2 Å². The van der Waals surface area contributed by atoms with Crippen LogP contribution >= 0.6 is 31.9 Å². The van der Waals surface area contributed by atoms with E-state index in [1.165, 1.54) is 12.1 Å².